The van der Waals surface area contributed by atoms with Crippen LogP contribution in [0, 0.1) is 0 Å². The van der Waals surface area contributed by atoms with Gasteiger partial charge in [0.25, 0.3) is 11.5 Å². The number of H-pyrrole nitrogens is 1. The van der Waals surface area contributed by atoms with Gasteiger partial charge in [-0.15, -0.1) is 0 Å². The van der Waals surface area contributed by atoms with E-state index in [1.165, 1.54) is 18.0 Å². The number of ether oxygens (including phenoxy) is 1. The summed E-state index contributed by atoms with van der Waals surface area (Å²) in [6.07, 6.45) is 3.04. The van der Waals surface area contributed by atoms with Crippen molar-refractivity contribution in [3.05, 3.63) is 63.4 Å². The number of fused-ring (bicyclic) bond motifs is 1. The van der Waals surface area contributed by atoms with E-state index < -0.39 is 0 Å². The molecular weight excluding hydrogens is 382 g/mol. The van der Waals surface area contributed by atoms with Crippen LogP contribution in [0.15, 0.2) is 52.3 Å². The van der Waals surface area contributed by atoms with Crippen LogP contribution in [0.25, 0.3) is 28.2 Å². The fraction of sp³-hybridized carbons (Fsp3) is 0.0526. The van der Waals surface area contributed by atoms with Gasteiger partial charge < -0.3 is 15.0 Å². The van der Waals surface area contributed by atoms with Crippen LogP contribution < -0.4 is 15.6 Å². The van der Waals surface area contributed by atoms with Crippen LogP contribution in [-0.2, 0) is 4.79 Å². The number of thiocarbonyl (C=S) groups is 1. The van der Waals surface area contributed by atoms with Crippen LogP contribution in [0.1, 0.15) is 5.56 Å². The number of thioether (sulfide) groups is 1. The number of nitrogens with one attached hydrogen (secondary N) is 2. The first-order valence-corrected chi connectivity index (χ1v) is 9.18. The Labute approximate surface area is 163 Å². The lowest BCUT2D eigenvalue weighted by molar-refractivity contribution is -0.115. The summed E-state index contributed by atoms with van der Waals surface area (Å²) in [5.41, 5.74) is 3.69. The van der Waals surface area contributed by atoms with Gasteiger partial charge in [-0.05, 0) is 41.5 Å². The zero-order valence-corrected chi connectivity index (χ0v) is 15.7. The Bertz CT molecular complexity index is 1180. The van der Waals surface area contributed by atoms with Gasteiger partial charge in [0, 0.05) is 5.56 Å². The van der Waals surface area contributed by atoms with Crippen molar-refractivity contribution < 1.29 is 9.53 Å². The van der Waals surface area contributed by atoms with Crippen LogP contribution >= 0.6 is 24.0 Å². The van der Waals surface area contributed by atoms with E-state index in [2.05, 4.69) is 15.3 Å². The predicted octanol–water partition coefficient (Wildman–Crippen LogP) is 3.09. The van der Waals surface area contributed by atoms with E-state index in [0.717, 1.165) is 16.7 Å². The van der Waals surface area contributed by atoms with Gasteiger partial charge in [-0.25, -0.2) is 4.98 Å². The Balaban J connectivity index is 1.81. The van der Waals surface area contributed by atoms with E-state index in [1.807, 2.05) is 36.4 Å². The SMILES string of the molecule is COc1ccc(/C=C2\SC(=S)NC2=O)cc1-c1ccc2[nH]c(=O)cnc2c1. The lowest BCUT2D eigenvalue weighted by Gasteiger charge is -2.11. The molecule has 27 heavy (non-hydrogen) atoms. The molecule has 1 amide bonds. The van der Waals surface area contributed by atoms with Gasteiger partial charge in [-0.1, -0.05) is 36.1 Å². The summed E-state index contributed by atoms with van der Waals surface area (Å²) in [5.74, 6) is 0.501. The number of hydrogen-bond donors (Lipinski definition) is 2. The quantitative estimate of drug-likeness (QED) is 0.524. The van der Waals surface area contributed by atoms with Crippen molar-refractivity contribution in [2.24, 2.45) is 0 Å². The molecule has 0 atom stereocenters. The van der Waals surface area contributed by atoms with Gasteiger partial charge in [-0.3, -0.25) is 9.59 Å². The van der Waals surface area contributed by atoms with Gasteiger partial charge in [0.2, 0.25) is 0 Å². The third-order valence-electron chi connectivity index (χ3n) is 4.05. The summed E-state index contributed by atoms with van der Waals surface area (Å²) in [7, 11) is 1.60. The first-order chi connectivity index (χ1) is 13.0. The summed E-state index contributed by atoms with van der Waals surface area (Å²) >= 11 is 6.26. The topological polar surface area (TPSA) is 84.1 Å². The van der Waals surface area contributed by atoms with E-state index in [4.69, 9.17) is 17.0 Å². The molecule has 2 aromatic carbocycles. The van der Waals surface area contributed by atoms with Crippen molar-refractivity contribution >= 4 is 51.3 Å². The first kappa shape index (κ1) is 17.4. The second-order valence-corrected chi connectivity index (χ2v) is 7.51. The fourth-order valence-electron chi connectivity index (χ4n) is 2.82. The zero-order chi connectivity index (χ0) is 19.0. The number of benzene rings is 2. The third-order valence-corrected chi connectivity index (χ3v) is 5.21. The Morgan fingerprint density at radius 3 is 2.78 bits per heavy atom. The molecule has 0 unspecified atom stereocenters. The van der Waals surface area contributed by atoms with Crippen molar-refractivity contribution in [1.29, 1.82) is 0 Å². The van der Waals surface area contributed by atoms with Gasteiger partial charge in [0.15, 0.2) is 0 Å². The van der Waals surface area contributed by atoms with Crippen LogP contribution in [0.4, 0.5) is 0 Å². The highest BCUT2D eigenvalue weighted by Gasteiger charge is 2.22. The van der Waals surface area contributed by atoms with E-state index >= 15 is 0 Å². The highest BCUT2D eigenvalue weighted by molar-refractivity contribution is 8.26. The molecule has 1 aliphatic heterocycles. The molecule has 0 aliphatic carbocycles. The first-order valence-electron chi connectivity index (χ1n) is 7.96. The molecule has 3 aromatic rings. The molecule has 1 aromatic heterocycles. The number of aromatic nitrogens is 2. The lowest BCUT2D eigenvalue weighted by Crippen LogP contribution is -2.17. The molecule has 0 radical (unpaired) electrons. The van der Waals surface area contributed by atoms with Gasteiger partial charge in [0.05, 0.1) is 29.2 Å². The Hall–Kier alpha value is -2.97. The number of aromatic amines is 1. The number of carbonyl (C=O) groups is 1. The summed E-state index contributed by atoms with van der Waals surface area (Å²) in [4.78, 5) is 30.8. The van der Waals surface area contributed by atoms with Crippen LogP contribution in [0.3, 0.4) is 0 Å². The zero-order valence-electron chi connectivity index (χ0n) is 14.1. The second kappa shape index (κ2) is 6.98. The minimum atomic E-state index is -0.244. The molecule has 0 bridgehead atoms. The molecule has 134 valence electrons. The van der Waals surface area contributed by atoms with Crippen molar-refractivity contribution in [1.82, 2.24) is 15.3 Å². The average molecular weight is 395 g/mol. The van der Waals surface area contributed by atoms with Crippen molar-refractivity contribution in [3.63, 3.8) is 0 Å². The molecule has 4 rings (SSSR count). The molecule has 0 spiro atoms. The van der Waals surface area contributed by atoms with E-state index in [1.54, 1.807) is 13.2 Å². The van der Waals surface area contributed by atoms with E-state index in [9.17, 15) is 9.59 Å². The summed E-state index contributed by atoms with van der Waals surface area (Å²) in [5, 5.41) is 2.61. The molecule has 2 heterocycles. The molecule has 0 saturated carbocycles. The molecule has 1 saturated heterocycles. The maximum Gasteiger partial charge on any atom is 0.266 e. The number of rotatable bonds is 3. The van der Waals surface area contributed by atoms with Crippen LogP contribution in [-0.4, -0.2) is 27.3 Å². The average Bonchev–Trinajstić information content (AvgIpc) is 2.98. The maximum absolute atomic E-state index is 11.9. The lowest BCUT2D eigenvalue weighted by atomic mass is 10.0. The van der Waals surface area contributed by atoms with Crippen molar-refractivity contribution in [2.45, 2.75) is 0 Å². The Morgan fingerprint density at radius 2 is 2.04 bits per heavy atom. The summed E-state index contributed by atoms with van der Waals surface area (Å²) in [6.45, 7) is 0. The smallest absolute Gasteiger partial charge is 0.266 e. The largest absolute Gasteiger partial charge is 0.496 e. The van der Waals surface area contributed by atoms with Gasteiger partial charge in [-0.2, -0.15) is 0 Å². The number of amides is 1. The van der Waals surface area contributed by atoms with Gasteiger partial charge in [0.1, 0.15) is 10.1 Å². The monoisotopic (exact) mass is 395 g/mol. The standard InChI is InChI=1S/C19H13N3O3S2/c1-25-15-5-2-10(7-16-18(24)22-19(26)27-16)6-12(15)11-3-4-13-14(8-11)20-9-17(23)21-13/h2-9H,1H3,(H,21,23)(H,22,24,26)/b16-7-. The van der Waals surface area contributed by atoms with Crippen LogP contribution in [0.2, 0.25) is 0 Å². The van der Waals surface area contributed by atoms with Crippen LogP contribution in [0.5, 0.6) is 5.75 Å². The van der Waals surface area contributed by atoms with Gasteiger partial charge >= 0.3 is 0 Å². The number of methoxy groups -OCH3 is 1. The highest BCUT2D eigenvalue weighted by atomic mass is 32.2. The maximum atomic E-state index is 11.9. The molecule has 8 heteroatoms. The minimum absolute atomic E-state index is 0.193. The summed E-state index contributed by atoms with van der Waals surface area (Å²) in [6, 6.07) is 11.2. The molecule has 1 aliphatic rings. The normalized spacial score (nSPS) is 15.4. The molecule has 2 N–H and O–H groups in total. The molecule has 1 fully saturated rings. The predicted molar refractivity (Wildman–Crippen MR) is 111 cm³/mol. The Morgan fingerprint density at radius 1 is 1.19 bits per heavy atom. The van der Waals surface area contributed by atoms with Crippen molar-refractivity contribution in [2.75, 3.05) is 7.11 Å². The third kappa shape index (κ3) is 3.49. The van der Waals surface area contributed by atoms with E-state index in [0.29, 0.717) is 26.0 Å². The number of carbonyl (C=O) groups excluding carboxylic acids is 1. The second-order valence-electron chi connectivity index (χ2n) is 5.79. The van der Waals surface area contributed by atoms with Crippen molar-refractivity contribution in [3.8, 4) is 16.9 Å². The number of nitrogens with zero attached hydrogens (tertiary/aromatic N) is 1. The fourth-order valence-corrected chi connectivity index (χ4v) is 3.86. The molecular formula is C19H13N3O3S2. The summed E-state index contributed by atoms with van der Waals surface area (Å²) < 4.78 is 5.94. The van der Waals surface area contributed by atoms with E-state index in [-0.39, 0.29) is 11.5 Å². The Kier molecular flexibility index (Phi) is 4.51. The highest BCUT2D eigenvalue weighted by Crippen LogP contribution is 2.34. The number of hydrogen-bond acceptors (Lipinski definition) is 6. The molecule has 6 nitrogen and oxygen atoms in total. The minimum Gasteiger partial charge on any atom is -0.496 e.